The summed E-state index contributed by atoms with van der Waals surface area (Å²) in [6.07, 6.45) is 1.48. The lowest BCUT2D eigenvalue weighted by Gasteiger charge is -2.08. The van der Waals surface area contributed by atoms with Gasteiger partial charge in [0, 0.05) is 6.20 Å². The molecule has 1 aromatic heterocycles. The summed E-state index contributed by atoms with van der Waals surface area (Å²) >= 11 is 5.80. The van der Waals surface area contributed by atoms with Gasteiger partial charge in [0.05, 0.1) is 16.3 Å². The van der Waals surface area contributed by atoms with Crippen LogP contribution in [0.25, 0.3) is 0 Å². The molecule has 0 aliphatic carbocycles. The Morgan fingerprint density at radius 2 is 2.17 bits per heavy atom. The molecule has 0 saturated carbocycles. The molecule has 1 amide bonds. The summed E-state index contributed by atoms with van der Waals surface area (Å²) in [5, 5.41) is 2.65. The number of halogens is 2. The molecule has 0 radical (unpaired) electrons. The number of nitrogens with two attached hydrogens (primary N) is 1. The molecule has 0 bridgehead atoms. The van der Waals surface area contributed by atoms with Gasteiger partial charge in [0.15, 0.2) is 0 Å². The van der Waals surface area contributed by atoms with Crippen molar-refractivity contribution >= 4 is 29.0 Å². The van der Waals surface area contributed by atoms with Gasteiger partial charge in [-0.3, -0.25) is 4.79 Å². The third-order valence-electron chi connectivity index (χ3n) is 2.26. The number of hydrogen-bond donors (Lipinski definition) is 2. The summed E-state index contributed by atoms with van der Waals surface area (Å²) in [5.74, 6) is -0.804. The van der Waals surface area contributed by atoms with Crippen LogP contribution in [0.4, 0.5) is 15.9 Å². The largest absolute Gasteiger partial charge is 0.383 e. The zero-order chi connectivity index (χ0) is 13.1. The Morgan fingerprint density at radius 1 is 1.39 bits per heavy atom. The minimum absolute atomic E-state index is 0.116. The van der Waals surface area contributed by atoms with Crippen LogP contribution in [0.5, 0.6) is 0 Å². The summed E-state index contributed by atoms with van der Waals surface area (Å²) in [5.41, 5.74) is 6.12. The van der Waals surface area contributed by atoms with Crippen molar-refractivity contribution in [2.75, 3.05) is 11.1 Å². The summed E-state index contributed by atoms with van der Waals surface area (Å²) in [6.45, 7) is 0. The number of amides is 1. The molecule has 4 nitrogen and oxygen atoms in total. The number of pyridine rings is 1. The first-order chi connectivity index (χ1) is 8.58. The number of carbonyl (C=O) groups is 1. The second kappa shape index (κ2) is 5.01. The standard InChI is InChI=1S/C12H9ClFN3O/c13-9-6-7(14)3-4-10(9)17-12(18)8-2-1-5-16-11(8)15/h1-6H,(H2,15,16)(H,17,18). The number of carbonyl (C=O) groups excluding carboxylic acids is 1. The Morgan fingerprint density at radius 3 is 2.83 bits per heavy atom. The minimum Gasteiger partial charge on any atom is -0.383 e. The van der Waals surface area contributed by atoms with Gasteiger partial charge in [0.25, 0.3) is 5.91 Å². The van der Waals surface area contributed by atoms with E-state index in [0.717, 1.165) is 6.07 Å². The number of benzene rings is 1. The zero-order valence-electron chi connectivity index (χ0n) is 9.15. The molecular weight excluding hydrogens is 257 g/mol. The average molecular weight is 266 g/mol. The fourth-order valence-corrected chi connectivity index (χ4v) is 1.60. The fraction of sp³-hybridized carbons (Fsp3) is 0. The van der Waals surface area contributed by atoms with Gasteiger partial charge in [0.2, 0.25) is 0 Å². The molecular formula is C12H9ClFN3O. The first-order valence-corrected chi connectivity index (χ1v) is 5.42. The third-order valence-corrected chi connectivity index (χ3v) is 2.58. The van der Waals surface area contributed by atoms with E-state index < -0.39 is 11.7 Å². The highest BCUT2D eigenvalue weighted by atomic mass is 35.5. The monoisotopic (exact) mass is 265 g/mol. The smallest absolute Gasteiger partial charge is 0.259 e. The Labute approximate surface area is 108 Å². The van der Waals surface area contributed by atoms with E-state index in [0.29, 0.717) is 5.69 Å². The average Bonchev–Trinajstić information content (AvgIpc) is 2.33. The van der Waals surface area contributed by atoms with Crippen LogP contribution in [0, 0.1) is 5.82 Å². The number of hydrogen-bond acceptors (Lipinski definition) is 3. The van der Waals surface area contributed by atoms with E-state index in [-0.39, 0.29) is 16.4 Å². The first kappa shape index (κ1) is 12.3. The van der Waals surface area contributed by atoms with E-state index in [1.54, 1.807) is 6.07 Å². The Kier molecular flexibility index (Phi) is 3.43. The number of nitrogens with zero attached hydrogens (tertiary/aromatic N) is 1. The molecule has 2 rings (SSSR count). The second-order valence-electron chi connectivity index (χ2n) is 3.51. The van der Waals surface area contributed by atoms with Crippen molar-refractivity contribution in [3.63, 3.8) is 0 Å². The predicted octanol–water partition coefficient (Wildman–Crippen LogP) is 2.71. The minimum atomic E-state index is -0.473. The van der Waals surface area contributed by atoms with Crippen LogP contribution in [0.3, 0.4) is 0 Å². The highest BCUT2D eigenvalue weighted by Gasteiger charge is 2.12. The number of anilines is 2. The molecule has 1 heterocycles. The van der Waals surface area contributed by atoms with Crippen LogP contribution in [0.15, 0.2) is 36.5 Å². The van der Waals surface area contributed by atoms with Crippen LogP contribution in [0.2, 0.25) is 5.02 Å². The van der Waals surface area contributed by atoms with Crippen LogP contribution < -0.4 is 11.1 Å². The Balaban J connectivity index is 2.24. The lowest BCUT2D eigenvalue weighted by atomic mass is 10.2. The molecule has 1 aromatic carbocycles. The van der Waals surface area contributed by atoms with Crippen molar-refractivity contribution in [3.05, 3.63) is 52.9 Å². The summed E-state index contributed by atoms with van der Waals surface area (Å²) < 4.78 is 12.8. The van der Waals surface area contributed by atoms with Crippen molar-refractivity contribution < 1.29 is 9.18 Å². The lowest BCUT2D eigenvalue weighted by molar-refractivity contribution is 0.102. The van der Waals surface area contributed by atoms with Gasteiger partial charge in [-0.2, -0.15) is 0 Å². The third kappa shape index (κ3) is 2.57. The highest BCUT2D eigenvalue weighted by Crippen LogP contribution is 2.23. The zero-order valence-corrected chi connectivity index (χ0v) is 9.91. The van der Waals surface area contributed by atoms with Crippen LogP contribution >= 0.6 is 11.6 Å². The Bertz CT molecular complexity index is 604. The maximum Gasteiger partial charge on any atom is 0.259 e. The van der Waals surface area contributed by atoms with E-state index >= 15 is 0 Å². The van der Waals surface area contributed by atoms with E-state index in [2.05, 4.69) is 10.3 Å². The molecule has 6 heteroatoms. The van der Waals surface area contributed by atoms with Crippen molar-refractivity contribution in [1.82, 2.24) is 4.98 Å². The lowest BCUT2D eigenvalue weighted by Crippen LogP contribution is -2.15. The predicted molar refractivity (Wildman–Crippen MR) is 68.0 cm³/mol. The van der Waals surface area contributed by atoms with E-state index in [1.165, 1.54) is 24.4 Å². The topological polar surface area (TPSA) is 68.0 Å². The SMILES string of the molecule is Nc1ncccc1C(=O)Nc1ccc(F)cc1Cl. The molecule has 0 unspecified atom stereocenters. The number of nitrogens with one attached hydrogen (secondary N) is 1. The molecule has 0 atom stereocenters. The van der Waals surface area contributed by atoms with Crippen molar-refractivity contribution in [2.45, 2.75) is 0 Å². The van der Waals surface area contributed by atoms with Crippen LogP contribution in [-0.4, -0.2) is 10.9 Å². The first-order valence-electron chi connectivity index (χ1n) is 5.05. The maximum absolute atomic E-state index is 12.8. The molecule has 0 spiro atoms. The fourth-order valence-electron chi connectivity index (χ4n) is 1.39. The Hall–Kier alpha value is -2.14. The van der Waals surface area contributed by atoms with Gasteiger partial charge in [-0.25, -0.2) is 9.37 Å². The molecule has 18 heavy (non-hydrogen) atoms. The van der Waals surface area contributed by atoms with Crippen molar-refractivity contribution in [3.8, 4) is 0 Å². The van der Waals surface area contributed by atoms with Gasteiger partial charge < -0.3 is 11.1 Å². The molecule has 0 aliphatic rings. The maximum atomic E-state index is 12.8. The van der Waals surface area contributed by atoms with Crippen LogP contribution in [-0.2, 0) is 0 Å². The molecule has 0 aliphatic heterocycles. The van der Waals surface area contributed by atoms with Gasteiger partial charge >= 0.3 is 0 Å². The number of rotatable bonds is 2. The van der Waals surface area contributed by atoms with E-state index in [4.69, 9.17) is 17.3 Å². The second-order valence-corrected chi connectivity index (χ2v) is 3.92. The highest BCUT2D eigenvalue weighted by molar-refractivity contribution is 6.34. The summed E-state index contributed by atoms with van der Waals surface area (Å²) in [4.78, 5) is 15.7. The number of aromatic nitrogens is 1. The quantitative estimate of drug-likeness (QED) is 0.877. The van der Waals surface area contributed by atoms with Gasteiger partial charge in [-0.15, -0.1) is 0 Å². The molecule has 2 aromatic rings. The van der Waals surface area contributed by atoms with Gasteiger partial charge in [-0.1, -0.05) is 11.6 Å². The summed E-state index contributed by atoms with van der Waals surface area (Å²) in [7, 11) is 0. The normalized spacial score (nSPS) is 10.1. The molecule has 0 saturated heterocycles. The molecule has 3 N–H and O–H groups in total. The van der Waals surface area contributed by atoms with E-state index in [9.17, 15) is 9.18 Å². The van der Waals surface area contributed by atoms with E-state index in [1.807, 2.05) is 0 Å². The summed E-state index contributed by atoms with van der Waals surface area (Å²) in [6, 6.07) is 6.83. The van der Waals surface area contributed by atoms with Gasteiger partial charge in [0.1, 0.15) is 11.6 Å². The molecule has 0 fully saturated rings. The van der Waals surface area contributed by atoms with Crippen LogP contribution in [0.1, 0.15) is 10.4 Å². The van der Waals surface area contributed by atoms with Gasteiger partial charge in [-0.05, 0) is 30.3 Å². The van der Waals surface area contributed by atoms with Crippen molar-refractivity contribution in [2.24, 2.45) is 0 Å². The number of nitrogen functional groups attached to an aromatic ring is 1. The van der Waals surface area contributed by atoms with Crippen molar-refractivity contribution in [1.29, 1.82) is 0 Å². The molecule has 92 valence electrons.